The monoisotopic (exact) mass is 356 g/mol. The molecule has 0 radical (unpaired) electrons. The molecule has 0 atom stereocenters. The second kappa shape index (κ2) is 7.00. The molecule has 134 valence electrons. The molecule has 4 nitrogen and oxygen atoms in total. The van der Waals surface area contributed by atoms with Gasteiger partial charge in [0.05, 0.1) is 23.5 Å². The molecule has 27 heavy (non-hydrogen) atoms. The largest absolute Gasteiger partial charge is 0.481 e. The highest BCUT2D eigenvalue weighted by atomic mass is 16.4. The standard InChI is InChI=1S/C23H20N2O2/c24-20-10-3-4-11-22(20)25-17(13-15-23(26)27)12-14-21(25)19-9-5-7-16-6-1-2-8-18(16)19/h1-12,14H,13,15,24H2,(H,26,27). The number of aromatic nitrogens is 1. The molecule has 4 aromatic rings. The molecule has 0 saturated carbocycles. The predicted octanol–water partition coefficient (Wildman–Crippen LogP) is 4.90. The number of benzene rings is 3. The number of nitrogens with zero attached hydrogens (tertiary/aromatic N) is 1. The highest BCUT2D eigenvalue weighted by molar-refractivity contribution is 5.96. The molecule has 0 spiro atoms. The highest BCUT2D eigenvalue weighted by Crippen LogP contribution is 2.34. The summed E-state index contributed by atoms with van der Waals surface area (Å²) in [5.41, 5.74) is 10.8. The number of para-hydroxylation sites is 2. The van der Waals surface area contributed by atoms with Gasteiger partial charge in [-0.1, -0.05) is 54.6 Å². The van der Waals surface area contributed by atoms with E-state index in [9.17, 15) is 4.79 Å². The number of aliphatic carboxylic acids is 1. The lowest BCUT2D eigenvalue weighted by molar-refractivity contribution is -0.136. The van der Waals surface area contributed by atoms with E-state index in [1.807, 2.05) is 54.6 Å². The first-order chi connectivity index (χ1) is 13.1. The third-order valence-corrected chi connectivity index (χ3v) is 4.80. The zero-order valence-corrected chi connectivity index (χ0v) is 14.8. The van der Waals surface area contributed by atoms with Gasteiger partial charge in [0.1, 0.15) is 0 Å². The number of carbonyl (C=O) groups is 1. The fraction of sp³-hybridized carbons (Fsp3) is 0.0870. The summed E-state index contributed by atoms with van der Waals surface area (Å²) in [5.74, 6) is -0.810. The van der Waals surface area contributed by atoms with Crippen molar-refractivity contribution < 1.29 is 9.90 Å². The molecule has 1 heterocycles. The summed E-state index contributed by atoms with van der Waals surface area (Å²) in [6.07, 6.45) is 0.514. The fourth-order valence-corrected chi connectivity index (χ4v) is 3.54. The number of aryl methyl sites for hydroxylation is 1. The van der Waals surface area contributed by atoms with E-state index < -0.39 is 5.97 Å². The van der Waals surface area contributed by atoms with Gasteiger partial charge in [0.25, 0.3) is 0 Å². The Morgan fingerprint density at radius 2 is 1.63 bits per heavy atom. The molecule has 3 aromatic carbocycles. The van der Waals surface area contributed by atoms with Crippen molar-refractivity contribution in [2.45, 2.75) is 12.8 Å². The number of fused-ring (bicyclic) bond motifs is 1. The van der Waals surface area contributed by atoms with Crippen molar-refractivity contribution in [2.24, 2.45) is 0 Å². The second-order valence-corrected chi connectivity index (χ2v) is 6.52. The zero-order chi connectivity index (χ0) is 18.8. The summed E-state index contributed by atoms with van der Waals surface area (Å²) >= 11 is 0. The number of hydrogen-bond acceptors (Lipinski definition) is 2. The molecule has 0 unspecified atom stereocenters. The maximum absolute atomic E-state index is 11.1. The van der Waals surface area contributed by atoms with E-state index in [-0.39, 0.29) is 6.42 Å². The molecule has 0 bridgehead atoms. The minimum atomic E-state index is -0.810. The predicted molar refractivity (Wildman–Crippen MR) is 109 cm³/mol. The van der Waals surface area contributed by atoms with Gasteiger partial charge in [-0.05, 0) is 41.5 Å². The Kier molecular flexibility index (Phi) is 4.38. The topological polar surface area (TPSA) is 68.2 Å². The van der Waals surface area contributed by atoms with Crippen LogP contribution in [-0.4, -0.2) is 15.6 Å². The molecule has 3 N–H and O–H groups in total. The van der Waals surface area contributed by atoms with Crippen LogP contribution in [-0.2, 0) is 11.2 Å². The van der Waals surface area contributed by atoms with Crippen LogP contribution < -0.4 is 5.73 Å². The van der Waals surface area contributed by atoms with Crippen LogP contribution in [0, 0.1) is 0 Å². The van der Waals surface area contributed by atoms with E-state index in [2.05, 4.69) is 28.8 Å². The average molecular weight is 356 g/mol. The minimum Gasteiger partial charge on any atom is -0.481 e. The maximum Gasteiger partial charge on any atom is 0.303 e. The lowest BCUT2D eigenvalue weighted by Crippen LogP contribution is -2.07. The number of rotatable bonds is 5. The second-order valence-electron chi connectivity index (χ2n) is 6.52. The molecule has 0 aliphatic rings. The Bertz CT molecular complexity index is 1120. The molecule has 0 saturated heterocycles. The molecule has 4 rings (SSSR count). The van der Waals surface area contributed by atoms with Crippen molar-refractivity contribution in [1.82, 2.24) is 4.57 Å². The number of nitrogens with two attached hydrogens (primary N) is 1. The summed E-state index contributed by atoms with van der Waals surface area (Å²) < 4.78 is 2.08. The van der Waals surface area contributed by atoms with Crippen molar-refractivity contribution in [1.29, 1.82) is 0 Å². The zero-order valence-electron chi connectivity index (χ0n) is 14.8. The van der Waals surface area contributed by atoms with Gasteiger partial charge in [0, 0.05) is 11.3 Å². The van der Waals surface area contributed by atoms with Crippen molar-refractivity contribution in [3.63, 3.8) is 0 Å². The summed E-state index contributed by atoms with van der Waals surface area (Å²) in [6.45, 7) is 0. The first-order valence-electron chi connectivity index (χ1n) is 8.90. The first-order valence-corrected chi connectivity index (χ1v) is 8.90. The summed E-state index contributed by atoms with van der Waals surface area (Å²) in [7, 11) is 0. The van der Waals surface area contributed by atoms with Gasteiger partial charge in [0.15, 0.2) is 0 Å². The Hall–Kier alpha value is -3.53. The molecule has 0 aliphatic carbocycles. The van der Waals surface area contributed by atoms with Gasteiger partial charge in [-0.2, -0.15) is 0 Å². The normalized spacial score (nSPS) is 11.0. The number of carboxylic acids is 1. The van der Waals surface area contributed by atoms with E-state index >= 15 is 0 Å². The van der Waals surface area contributed by atoms with Crippen molar-refractivity contribution in [2.75, 3.05) is 5.73 Å². The third kappa shape index (κ3) is 3.17. The molecular formula is C23H20N2O2. The van der Waals surface area contributed by atoms with Crippen molar-refractivity contribution in [3.05, 3.63) is 84.6 Å². The number of anilines is 1. The van der Waals surface area contributed by atoms with E-state index in [4.69, 9.17) is 10.8 Å². The van der Waals surface area contributed by atoms with Gasteiger partial charge < -0.3 is 15.4 Å². The summed E-state index contributed by atoms with van der Waals surface area (Å²) in [5, 5.41) is 11.4. The molecule has 4 heteroatoms. The minimum absolute atomic E-state index is 0.0751. The maximum atomic E-state index is 11.1. The van der Waals surface area contributed by atoms with Crippen LogP contribution in [0.5, 0.6) is 0 Å². The van der Waals surface area contributed by atoms with Crippen molar-refractivity contribution in [3.8, 4) is 16.9 Å². The highest BCUT2D eigenvalue weighted by Gasteiger charge is 2.16. The van der Waals surface area contributed by atoms with Crippen molar-refractivity contribution >= 4 is 22.4 Å². The number of carboxylic acid groups (broad SMARTS) is 1. The summed E-state index contributed by atoms with van der Waals surface area (Å²) in [6, 6.07) is 26.2. The molecule has 0 fully saturated rings. The van der Waals surface area contributed by atoms with Gasteiger partial charge in [-0.15, -0.1) is 0 Å². The fourth-order valence-electron chi connectivity index (χ4n) is 3.54. The molecule has 0 aliphatic heterocycles. The van der Waals surface area contributed by atoms with Crippen LogP contribution in [0.25, 0.3) is 27.7 Å². The summed E-state index contributed by atoms with van der Waals surface area (Å²) in [4.78, 5) is 11.1. The third-order valence-electron chi connectivity index (χ3n) is 4.80. The van der Waals surface area contributed by atoms with Gasteiger partial charge in [0.2, 0.25) is 0 Å². The van der Waals surface area contributed by atoms with E-state index in [0.717, 1.165) is 33.4 Å². The Morgan fingerprint density at radius 1 is 0.889 bits per heavy atom. The Morgan fingerprint density at radius 3 is 2.44 bits per heavy atom. The Labute approximate surface area is 157 Å². The lowest BCUT2D eigenvalue weighted by Gasteiger charge is -2.17. The van der Waals surface area contributed by atoms with Crippen LogP contribution in [0.4, 0.5) is 5.69 Å². The van der Waals surface area contributed by atoms with Crippen LogP contribution in [0.3, 0.4) is 0 Å². The first kappa shape index (κ1) is 16.9. The Balaban J connectivity index is 1.96. The van der Waals surface area contributed by atoms with E-state index in [1.165, 1.54) is 0 Å². The molecule has 1 aromatic heterocycles. The van der Waals surface area contributed by atoms with E-state index in [0.29, 0.717) is 12.1 Å². The molecule has 0 amide bonds. The lowest BCUT2D eigenvalue weighted by atomic mass is 10.0. The van der Waals surface area contributed by atoms with Crippen LogP contribution in [0.15, 0.2) is 78.9 Å². The van der Waals surface area contributed by atoms with Crippen LogP contribution >= 0.6 is 0 Å². The number of nitrogen functional groups attached to an aromatic ring is 1. The smallest absolute Gasteiger partial charge is 0.303 e. The average Bonchev–Trinajstić information content (AvgIpc) is 3.10. The van der Waals surface area contributed by atoms with Gasteiger partial charge in [-0.3, -0.25) is 4.79 Å². The number of hydrogen-bond donors (Lipinski definition) is 2. The van der Waals surface area contributed by atoms with Gasteiger partial charge >= 0.3 is 5.97 Å². The van der Waals surface area contributed by atoms with Crippen LogP contribution in [0.1, 0.15) is 12.1 Å². The SMILES string of the molecule is Nc1ccccc1-n1c(CCC(=O)O)ccc1-c1cccc2ccccc12. The van der Waals surface area contributed by atoms with E-state index in [1.54, 1.807) is 0 Å². The van der Waals surface area contributed by atoms with Gasteiger partial charge in [-0.25, -0.2) is 0 Å². The molecular weight excluding hydrogens is 336 g/mol. The van der Waals surface area contributed by atoms with Crippen LogP contribution in [0.2, 0.25) is 0 Å². The quantitative estimate of drug-likeness (QED) is 0.500.